The van der Waals surface area contributed by atoms with Crippen LogP contribution in [-0.2, 0) is 16.0 Å². The first kappa shape index (κ1) is 10.7. The van der Waals surface area contributed by atoms with Crippen LogP contribution in [-0.4, -0.2) is 31.2 Å². The highest BCUT2D eigenvalue weighted by molar-refractivity contribution is 5.76. The van der Waals surface area contributed by atoms with Crippen LogP contribution < -0.4 is 5.32 Å². The van der Waals surface area contributed by atoms with Crippen molar-refractivity contribution in [1.82, 2.24) is 10.3 Å². The number of aromatic nitrogens is 1. The van der Waals surface area contributed by atoms with Gasteiger partial charge in [-0.3, -0.25) is 4.79 Å². The first-order valence-corrected chi connectivity index (χ1v) is 4.45. The Morgan fingerprint density at radius 1 is 1.71 bits per heavy atom. The van der Waals surface area contributed by atoms with Gasteiger partial charge in [-0.1, -0.05) is 0 Å². The van der Waals surface area contributed by atoms with Crippen molar-refractivity contribution in [3.63, 3.8) is 0 Å². The molecule has 0 saturated carbocycles. The topological polar surface area (TPSA) is 64.4 Å². The van der Waals surface area contributed by atoms with Crippen LogP contribution in [0.4, 0.5) is 0 Å². The number of amides is 1. The lowest BCUT2D eigenvalue weighted by atomic mass is 10.2. The van der Waals surface area contributed by atoms with E-state index >= 15 is 0 Å². The predicted octanol–water partition coefficient (Wildman–Crippen LogP) is 0.370. The van der Waals surface area contributed by atoms with Crippen LogP contribution in [0.2, 0.25) is 0 Å². The van der Waals surface area contributed by atoms with Gasteiger partial charge < -0.3 is 14.5 Å². The van der Waals surface area contributed by atoms with E-state index in [4.69, 9.17) is 9.15 Å². The summed E-state index contributed by atoms with van der Waals surface area (Å²) in [4.78, 5) is 15.1. The lowest BCUT2D eigenvalue weighted by Gasteiger charge is -2.02. The molecule has 1 heterocycles. The van der Waals surface area contributed by atoms with Crippen molar-refractivity contribution in [3.05, 3.63) is 18.4 Å². The molecule has 0 spiro atoms. The van der Waals surface area contributed by atoms with Crippen molar-refractivity contribution < 1.29 is 13.9 Å². The van der Waals surface area contributed by atoms with Crippen molar-refractivity contribution in [2.45, 2.75) is 12.8 Å². The summed E-state index contributed by atoms with van der Waals surface area (Å²) in [5.74, 6) is 0.00468. The summed E-state index contributed by atoms with van der Waals surface area (Å²) < 4.78 is 9.58. The molecule has 1 amide bonds. The summed E-state index contributed by atoms with van der Waals surface area (Å²) >= 11 is 0. The zero-order valence-corrected chi connectivity index (χ0v) is 8.16. The van der Waals surface area contributed by atoms with Crippen LogP contribution in [0.3, 0.4) is 0 Å². The quantitative estimate of drug-likeness (QED) is 0.671. The minimum Gasteiger partial charge on any atom is -0.451 e. The van der Waals surface area contributed by atoms with E-state index < -0.39 is 0 Å². The van der Waals surface area contributed by atoms with E-state index in [1.54, 1.807) is 13.4 Å². The van der Waals surface area contributed by atoms with Crippen LogP contribution in [0, 0.1) is 0 Å². The van der Waals surface area contributed by atoms with Crippen LogP contribution in [0.5, 0.6) is 0 Å². The van der Waals surface area contributed by atoms with Crippen LogP contribution in [0.1, 0.15) is 12.1 Å². The molecule has 0 atom stereocenters. The standard InChI is InChI=1S/C9H14N2O3/c1-13-5-4-10-9(12)3-2-8-6-14-7-11-8/h6-7H,2-5H2,1H3,(H,10,12). The molecule has 0 unspecified atom stereocenters. The Labute approximate surface area is 82.5 Å². The third kappa shape index (κ3) is 4.04. The fraction of sp³-hybridized carbons (Fsp3) is 0.556. The maximum absolute atomic E-state index is 11.2. The van der Waals surface area contributed by atoms with Crippen molar-refractivity contribution in [2.24, 2.45) is 0 Å². The number of nitrogens with one attached hydrogen (secondary N) is 1. The van der Waals surface area contributed by atoms with Gasteiger partial charge in [0.05, 0.1) is 12.3 Å². The molecule has 0 bridgehead atoms. The van der Waals surface area contributed by atoms with Gasteiger partial charge in [0, 0.05) is 26.5 Å². The molecule has 0 aromatic carbocycles. The Morgan fingerprint density at radius 2 is 2.57 bits per heavy atom. The SMILES string of the molecule is COCCNC(=O)CCc1cocn1. The average molecular weight is 198 g/mol. The Hall–Kier alpha value is -1.36. The van der Waals surface area contributed by atoms with E-state index in [1.165, 1.54) is 6.39 Å². The van der Waals surface area contributed by atoms with Gasteiger partial charge in [-0.2, -0.15) is 0 Å². The third-order valence-corrected chi connectivity index (χ3v) is 1.72. The lowest BCUT2D eigenvalue weighted by Crippen LogP contribution is -2.27. The van der Waals surface area contributed by atoms with Gasteiger partial charge in [-0.05, 0) is 0 Å². The fourth-order valence-corrected chi connectivity index (χ4v) is 0.984. The number of rotatable bonds is 6. The van der Waals surface area contributed by atoms with Crippen LogP contribution in [0.15, 0.2) is 17.1 Å². The fourth-order valence-electron chi connectivity index (χ4n) is 0.984. The van der Waals surface area contributed by atoms with Crippen LogP contribution in [0.25, 0.3) is 0 Å². The molecule has 78 valence electrons. The Balaban J connectivity index is 2.09. The second kappa shape index (κ2) is 6.15. The summed E-state index contributed by atoms with van der Waals surface area (Å²) in [6.45, 7) is 1.09. The molecule has 0 aliphatic rings. The second-order valence-corrected chi connectivity index (χ2v) is 2.82. The van der Waals surface area contributed by atoms with Gasteiger partial charge in [-0.15, -0.1) is 0 Å². The van der Waals surface area contributed by atoms with E-state index in [0.717, 1.165) is 5.69 Å². The number of methoxy groups -OCH3 is 1. The van der Waals surface area contributed by atoms with E-state index in [0.29, 0.717) is 26.0 Å². The molecule has 0 radical (unpaired) electrons. The van der Waals surface area contributed by atoms with E-state index in [1.807, 2.05) is 0 Å². The van der Waals surface area contributed by atoms with E-state index in [-0.39, 0.29) is 5.91 Å². The number of aryl methyl sites for hydroxylation is 1. The highest BCUT2D eigenvalue weighted by Crippen LogP contribution is 1.98. The maximum Gasteiger partial charge on any atom is 0.220 e. The molecular formula is C9H14N2O3. The van der Waals surface area contributed by atoms with Gasteiger partial charge in [0.2, 0.25) is 5.91 Å². The second-order valence-electron chi connectivity index (χ2n) is 2.82. The third-order valence-electron chi connectivity index (χ3n) is 1.72. The molecule has 1 N–H and O–H groups in total. The molecule has 0 aliphatic heterocycles. The van der Waals surface area contributed by atoms with Gasteiger partial charge in [0.15, 0.2) is 6.39 Å². The molecule has 5 heteroatoms. The summed E-state index contributed by atoms with van der Waals surface area (Å²) in [6.07, 6.45) is 3.94. The van der Waals surface area contributed by atoms with Crippen molar-refractivity contribution >= 4 is 5.91 Å². The van der Waals surface area contributed by atoms with Crippen molar-refractivity contribution in [3.8, 4) is 0 Å². The highest BCUT2D eigenvalue weighted by Gasteiger charge is 2.02. The largest absolute Gasteiger partial charge is 0.451 e. The number of carbonyl (C=O) groups excluding carboxylic acids is 1. The molecule has 14 heavy (non-hydrogen) atoms. The Morgan fingerprint density at radius 3 is 3.21 bits per heavy atom. The van der Waals surface area contributed by atoms with Gasteiger partial charge in [-0.25, -0.2) is 4.98 Å². The first-order chi connectivity index (χ1) is 6.83. The predicted molar refractivity (Wildman–Crippen MR) is 49.7 cm³/mol. The number of nitrogens with zero attached hydrogens (tertiary/aromatic N) is 1. The smallest absolute Gasteiger partial charge is 0.220 e. The van der Waals surface area contributed by atoms with E-state index in [2.05, 4.69) is 10.3 Å². The zero-order valence-electron chi connectivity index (χ0n) is 8.16. The molecule has 1 aromatic rings. The molecule has 0 saturated heterocycles. The van der Waals surface area contributed by atoms with Gasteiger partial charge >= 0.3 is 0 Å². The van der Waals surface area contributed by atoms with Gasteiger partial charge in [0.25, 0.3) is 0 Å². The monoisotopic (exact) mass is 198 g/mol. The molecular weight excluding hydrogens is 184 g/mol. The highest BCUT2D eigenvalue weighted by atomic mass is 16.5. The average Bonchev–Trinajstić information content (AvgIpc) is 2.68. The molecule has 1 rings (SSSR count). The van der Waals surface area contributed by atoms with Crippen molar-refractivity contribution in [2.75, 3.05) is 20.3 Å². The number of oxazole rings is 1. The number of carbonyl (C=O) groups is 1. The van der Waals surface area contributed by atoms with Gasteiger partial charge in [0.1, 0.15) is 6.26 Å². The summed E-state index contributed by atoms with van der Waals surface area (Å²) in [5, 5.41) is 2.72. The summed E-state index contributed by atoms with van der Waals surface area (Å²) in [5.41, 5.74) is 0.798. The molecule has 1 aromatic heterocycles. The maximum atomic E-state index is 11.2. The molecule has 5 nitrogen and oxygen atoms in total. The van der Waals surface area contributed by atoms with E-state index in [9.17, 15) is 4.79 Å². The minimum atomic E-state index is 0.00468. The first-order valence-electron chi connectivity index (χ1n) is 4.45. The molecule has 0 aliphatic carbocycles. The normalized spacial score (nSPS) is 10.1. The summed E-state index contributed by atoms with van der Waals surface area (Å²) in [6, 6.07) is 0. The minimum absolute atomic E-state index is 0.00468. The van der Waals surface area contributed by atoms with Crippen LogP contribution >= 0.6 is 0 Å². The van der Waals surface area contributed by atoms with Crippen molar-refractivity contribution in [1.29, 1.82) is 0 Å². The molecule has 0 fully saturated rings. The summed E-state index contributed by atoms with van der Waals surface area (Å²) in [7, 11) is 1.60. The Bertz CT molecular complexity index is 259. The lowest BCUT2D eigenvalue weighted by molar-refractivity contribution is -0.121. The zero-order chi connectivity index (χ0) is 10.2. The Kier molecular flexibility index (Phi) is 4.71. The number of ether oxygens (including phenoxy) is 1. The number of hydrogen-bond donors (Lipinski definition) is 1. The number of hydrogen-bond acceptors (Lipinski definition) is 4.